The van der Waals surface area contributed by atoms with Gasteiger partial charge in [-0.15, -0.1) is 0 Å². The summed E-state index contributed by atoms with van der Waals surface area (Å²) in [6.45, 7) is 1.88. The quantitative estimate of drug-likeness (QED) is 0.535. The molecule has 0 saturated carbocycles. The zero-order chi connectivity index (χ0) is 19.0. The zero-order valence-electron chi connectivity index (χ0n) is 14.2. The van der Waals surface area contributed by atoms with E-state index in [4.69, 9.17) is 21.4 Å². The second kappa shape index (κ2) is 7.42. The lowest BCUT2D eigenvalue weighted by Gasteiger charge is -2.24. The third-order valence-electron chi connectivity index (χ3n) is 3.97. The molecule has 0 atom stereocenters. The number of carbonyl (C=O) groups is 1. The number of allylic oxidation sites excluding steroid dienone is 1. The molecule has 0 fully saturated rings. The summed E-state index contributed by atoms with van der Waals surface area (Å²) < 4.78 is 5.79. The Bertz CT molecular complexity index is 1020. The summed E-state index contributed by atoms with van der Waals surface area (Å²) >= 11 is 8.80. The first-order chi connectivity index (χ1) is 13.0. The van der Waals surface area contributed by atoms with Crippen LogP contribution in [-0.2, 0) is 10.5 Å². The molecule has 5 nitrogen and oxygen atoms in total. The van der Waals surface area contributed by atoms with Gasteiger partial charge in [-0.2, -0.15) is 4.99 Å². The van der Waals surface area contributed by atoms with Crippen molar-refractivity contribution in [2.24, 2.45) is 4.99 Å². The lowest BCUT2D eigenvalue weighted by atomic mass is 10.1. The Kier molecular flexibility index (Phi) is 4.99. The Balaban J connectivity index is 1.50. The fraction of sp³-hybridized carbons (Fsp3) is 0.105. The fourth-order valence-electron chi connectivity index (χ4n) is 2.61. The van der Waals surface area contributed by atoms with Crippen LogP contribution in [-0.4, -0.2) is 21.8 Å². The molecular weight excluding hydrogens is 402 g/mol. The Morgan fingerprint density at radius 3 is 2.85 bits per heavy atom. The van der Waals surface area contributed by atoms with Crippen molar-refractivity contribution in [2.45, 2.75) is 17.8 Å². The van der Waals surface area contributed by atoms with Gasteiger partial charge in [0, 0.05) is 16.5 Å². The van der Waals surface area contributed by atoms with Crippen LogP contribution in [0, 0.1) is 5.41 Å². The predicted octanol–water partition coefficient (Wildman–Crippen LogP) is 5.39. The van der Waals surface area contributed by atoms with Crippen LogP contribution in [0.25, 0.3) is 6.08 Å². The summed E-state index contributed by atoms with van der Waals surface area (Å²) in [5.41, 5.74) is 2.24. The van der Waals surface area contributed by atoms with Gasteiger partial charge >= 0.3 is 0 Å². The van der Waals surface area contributed by atoms with Crippen molar-refractivity contribution >= 4 is 58.1 Å². The van der Waals surface area contributed by atoms with Crippen LogP contribution in [0.2, 0.25) is 5.02 Å². The van der Waals surface area contributed by atoms with Crippen molar-refractivity contribution in [1.29, 1.82) is 5.41 Å². The van der Waals surface area contributed by atoms with Crippen molar-refractivity contribution in [1.82, 2.24) is 4.90 Å². The maximum Gasteiger partial charge on any atom is 0.283 e. The molecule has 2 aliphatic rings. The average Bonchev–Trinajstić information content (AvgIpc) is 3.25. The van der Waals surface area contributed by atoms with Crippen LogP contribution in [0.15, 0.2) is 67.6 Å². The van der Waals surface area contributed by atoms with Gasteiger partial charge in [0.05, 0.1) is 5.57 Å². The molecule has 1 aromatic carbocycles. The van der Waals surface area contributed by atoms with E-state index in [1.165, 1.54) is 11.8 Å². The second-order valence-electron chi connectivity index (χ2n) is 5.89. The highest BCUT2D eigenvalue weighted by atomic mass is 35.5. The molecule has 0 unspecified atom stereocenters. The van der Waals surface area contributed by atoms with E-state index >= 15 is 0 Å². The van der Waals surface area contributed by atoms with E-state index in [0.717, 1.165) is 22.1 Å². The highest BCUT2D eigenvalue weighted by molar-refractivity contribution is 8.16. The normalized spacial score (nSPS) is 18.0. The number of aliphatic imine (C=N–C) groups is 1. The molecule has 27 heavy (non-hydrogen) atoms. The van der Waals surface area contributed by atoms with E-state index in [-0.39, 0.29) is 11.4 Å². The summed E-state index contributed by atoms with van der Waals surface area (Å²) in [5.74, 6) is 0.968. The molecule has 1 aromatic heterocycles. The molecule has 136 valence electrons. The minimum Gasteiger partial charge on any atom is -0.450 e. The van der Waals surface area contributed by atoms with Crippen molar-refractivity contribution in [3.05, 3.63) is 69.4 Å². The summed E-state index contributed by atoms with van der Waals surface area (Å²) in [6, 6.07) is 11.3. The first kappa shape index (κ1) is 18.2. The second-order valence-corrected chi connectivity index (χ2v) is 8.14. The minimum atomic E-state index is -0.423. The summed E-state index contributed by atoms with van der Waals surface area (Å²) in [7, 11) is 0. The Morgan fingerprint density at radius 1 is 1.30 bits per heavy atom. The highest BCUT2D eigenvalue weighted by Gasteiger charge is 2.34. The number of nitrogens with zero attached hydrogens (tertiary/aromatic N) is 2. The minimum absolute atomic E-state index is 0.121. The maximum absolute atomic E-state index is 12.3. The number of hydrogen-bond acceptors (Lipinski definition) is 5. The van der Waals surface area contributed by atoms with E-state index in [1.54, 1.807) is 28.8 Å². The SMILES string of the molecule is CC1=CSC2=NC(=O)/C(=C\c3ccc(SCc4ccc(Cl)cc4)o3)C(=N)N12. The summed E-state index contributed by atoms with van der Waals surface area (Å²) in [5, 5.41) is 12.2. The van der Waals surface area contributed by atoms with Crippen LogP contribution < -0.4 is 0 Å². The Morgan fingerprint density at radius 2 is 2.07 bits per heavy atom. The van der Waals surface area contributed by atoms with Crippen molar-refractivity contribution in [3.63, 3.8) is 0 Å². The molecule has 0 saturated heterocycles. The van der Waals surface area contributed by atoms with Gasteiger partial charge in [0.1, 0.15) is 11.6 Å². The fourth-order valence-corrected chi connectivity index (χ4v) is 4.41. The average molecular weight is 416 g/mol. The number of carbonyl (C=O) groups excluding carboxylic acids is 1. The van der Waals surface area contributed by atoms with E-state index in [9.17, 15) is 4.79 Å². The van der Waals surface area contributed by atoms with E-state index < -0.39 is 5.91 Å². The van der Waals surface area contributed by atoms with Crippen LogP contribution in [0.4, 0.5) is 0 Å². The van der Waals surface area contributed by atoms with Crippen molar-refractivity contribution in [2.75, 3.05) is 0 Å². The first-order valence-electron chi connectivity index (χ1n) is 8.05. The number of halogens is 1. The maximum atomic E-state index is 12.3. The molecule has 0 spiro atoms. The number of rotatable bonds is 4. The zero-order valence-corrected chi connectivity index (χ0v) is 16.6. The van der Waals surface area contributed by atoms with Crippen LogP contribution >= 0.6 is 35.1 Å². The number of nitrogens with one attached hydrogen (secondary N) is 1. The molecule has 3 heterocycles. The molecule has 0 bridgehead atoms. The first-order valence-corrected chi connectivity index (χ1v) is 10.3. The van der Waals surface area contributed by atoms with Crippen LogP contribution in [0.5, 0.6) is 0 Å². The van der Waals surface area contributed by atoms with Crippen molar-refractivity contribution in [3.8, 4) is 0 Å². The number of thioether (sulfide) groups is 2. The number of fused-ring (bicyclic) bond motifs is 1. The van der Waals surface area contributed by atoms with Gasteiger partial charge in [-0.3, -0.25) is 15.1 Å². The van der Waals surface area contributed by atoms with Gasteiger partial charge in [-0.05, 0) is 48.2 Å². The standard InChI is InChI=1S/C19H14ClN3O2S2/c1-11-9-27-19-22-18(24)15(17(21)23(11)19)8-14-6-7-16(25-14)26-10-12-2-4-13(20)5-3-12/h2-9,21H,10H2,1H3/b15-8-,21-17?. The molecule has 1 amide bonds. The van der Waals surface area contributed by atoms with Crippen LogP contribution in [0.1, 0.15) is 18.2 Å². The third kappa shape index (κ3) is 3.76. The molecule has 1 N–H and O–H groups in total. The summed E-state index contributed by atoms with van der Waals surface area (Å²) in [6.07, 6.45) is 1.58. The monoisotopic (exact) mass is 415 g/mol. The van der Waals surface area contributed by atoms with Gasteiger partial charge in [-0.25, -0.2) is 0 Å². The third-order valence-corrected chi connectivity index (χ3v) is 6.15. The topological polar surface area (TPSA) is 69.7 Å². The number of furan rings is 1. The Hall–Kier alpha value is -2.22. The van der Waals surface area contributed by atoms with E-state index in [0.29, 0.717) is 16.0 Å². The molecule has 2 aromatic rings. The number of hydrogen-bond donors (Lipinski definition) is 1. The molecule has 8 heteroatoms. The van der Waals surface area contributed by atoms with E-state index in [2.05, 4.69) is 4.99 Å². The highest BCUT2D eigenvalue weighted by Crippen LogP contribution is 2.32. The largest absolute Gasteiger partial charge is 0.450 e. The van der Waals surface area contributed by atoms with Gasteiger partial charge < -0.3 is 4.42 Å². The van der Waals surface area contributed by atoms with Gasteiger partial charge in [0.25, 0.3) is 5.91 Å². The van der Waals surface area contributed by atoms with Crippen molar-refractivity contribution < 1.29 is 9.21 Å². The van der Waals surface area contributed by atoms with E-state index in [1.807, 2.05) is 42.7 Å². The molecule has 0 radical (unpaired) electrons. The lowest BCUT2D eigenvalue weighted by Crippen LogP contribution is -2.37. The smallest absolute Gasteiger partial charge is 0.283 e. The van der Waals surface area contributed by atoms with Gasteiger partial charge in [0.15, 0.2) is 10.3 Å². The molecule has 0 aliphatic carbocycles. The van der Waals surface area contributed by atoms with Gasteiger partial charge in [-0.1, -0.05) is 47.3 Å². The number of amidine groups is 2. The Labute approximate surface area is 169 Å². The predicted molar refractivity (Wildman–Crippen MR) is 111 cm³/mol. The molecule has 4 rings (SSSR count). The molecule has 2 aliphatic heterocycles. The number of amides is 1. The van der Waals surface area contributed by atoms with Crippen LogP contribution in [0.3, 0.4) is 0 Å². The molecular formula is C19H14ClN3O2S2. The number of benzene rings is 1. The lowest BCUT2D eigenvalue weighted by molar-refractivity contribution is -0.114. The van der Waals surface area contributed by atoms with Gasteiger partial charge in [0.2, 0.25) is 0 Å². The summed E-state index contributed by atoms with van der Waals surface area (Å²) in [4.78, 5) is 18.0.